The summed E-state index contributed by atoms with van der Waals surface area (Å²) in [6.07, 6.45) is 0. The zero-order chi connectivity index (χ0) is 6.27. The van der Waals surface area contributed by atoms with Gasteiger partial charge in [-0.05, 0) is 12.1 Å². The lowest BCUT2D eigenvalue weighted by Crippen LogP contribution is -1.77. The second kappa shape index (κ2) is 1.41. The van der Waals surface area contributed by atoms with E-state index in [0.717, 1.165) is 5.75 Å². The van der Waals surface area contributed by atoms with Crippen molar-refractivity contribution in [1.82, 2.24) is 0 Å². The Balaban J connectivity index is 2.44. The van der Waals surface area contributed by atoms with Crippen molar-refractivity contribution in [3.63, 3.8) is 0 Å². The molecule has 1 aromatic rings. The fraction of sp³-hybridized carbons (Fsp3) is 0.143. The molecule has 0 unspecified atom stereocenters. The predicted octanol–water partition coefficient (Wildman–Crippen LogP) is 1.75. The Hall–Kier alpha value is -1.18. The Morgan fingerprint density at radius 2 is 2.22 bits per heavy atom. The van der Waals surface area contributed by atoms with Crippen LogP contribution in [0.5, 0.6) is 5.75 Å². The number of hydrogen-bond acceptors (Lipinski definition) is 2. The summed E-state index contributed by atoms with van der Waals surface area (Å²) in [4.78, 5) is 0. The smallest absolute Gasteiger partial charge is 0.121 e. The molecule has 0 fully saturated rings. The van der Waals surface area contributed by atoms with Crippen LogP contribution in [0.2, 0.25) is 0 Å². The van der Waals surface area contributed by atoms with E-state index in [-0.39, 0.29) is 0 Å². The quantitative estimate of drug-likeness (QED) is 0.583. The predicted molar refractivity (Wildman–Crippen MR) is 36.3 cm³/mol. The van der Waals surface area contributed by atoms with Gasteiger partial charge < -0.3 is 10.1 Å². The molecule has 46 valence electrons. The molecule has 0 saturated heterocycles. The highest BCUT2D eigenvalue weighted by Gasteiger charge is 2.14. The van der Waals surface area contributed by atoms with Crippen LogP contribution in [0, 0.1) is 0 Å². The lowest BCUT2D eigenvalue weighted by atomic mass is 10.3. The minimum absolute atomic E-state index is 0.916. The molecule has 2 heteroatoms. The number of rotatable bonds is 1. The molecule has 0 atom stereocenters. The van der Waals surface area contributed by atoms with Crippen molar-refractivity contribution in [2.45, 2.75) is 0 Å². The summed E-state index contributed by atoms with van der Waals surface area (Å²) in [5, 5.41) is 3.08. The van der Waals surface area contributed by atoms with Crippen LogP contribution in [0.25, 0.3) is 0 Å². The van der Waals surface area contributed by atoms with E-state index in [0.29, 0.717) is 0 Å². The van der Waals surface area contributed by atoms with E-state index in [2.05, 4.69) is 5.32 Å². The van der Waals surface area contributed by atoms with Crippen molar-refractivity contribution >= 4 is 11.4 Å². The van der Waals surface area contributed by atoms with Gasteiger partial charge in [0.1, 0.15) is 5.75 Å². The zero-order valence-corrected chi connectivity index (χ0v) is 5.14. The van der Waals surface area contributed by atoms with Crippen molar-refractivity contribution in [2.75, 3.05) is 12.4 Å². The maximum Gasteiger partial charge on any atom is 0.121 e. The normalized spacial score (nSPS) is 11.7. The van der Waals surface area contributed by atoms with Crippen molar-refractivity contribution < 1.29 is 4.74 Å². The number of hydrogen-bond donors (Lipinski definition) is 1. The summed E-state index contributed by atoms with van der Waals surface area (Å²) in [7, 11) is 1.67. The number of anilines is 2. The first kappa shape index (κ1) is 4.68. The maximum atomic E-state index is 4.99. The van der Waals surface area contributed by atoms with E-state index in [9.17, 15) is 0 Å². The maximum absolute atomic E-state index is 4.99. The van der Waals surface area contributed by atoms with Crippen LogP contribution in [0.1, 0.15) is 0 Å². The van der Waals surface area contributed by atoms with Crippen LogP contribution < -0.4 is 10.1 Å². The number of fused-ring (bicyclic) bond motifs is 1. The standard InChI is InChI=1S/C7H7NO/c1-9-5-2-3-6-7(4-5)8-6/h2-4,8H,1H3. The van der Waals surface area contributed by atoms with Crippen molar-refractivity contribution in [3.8, 4) is 5.75 Å². The monoisotopic (exact) mass is 121 g/mol. The molecule has 1 heterocycles. The Bertz CT molecular complexity index is 245. The fourth-order valence-corrected chi connectivity index (χ4v) is 0.842. The topological polar surface area (TPSA) is 31.2 Å². The minimum Gasteiger partial charge on any atom is -0.497 e. The third-order valence-electron chi connectivity index (χ3n) is 1.43. The Labute approximate surface area is 53.5 Å². The van der Waals surface area contributed by atoms with Crippen LogP contribution in [-0.2, 0) is 0 Å². The molecule has 2 nitrogen and oxygen atoms in total. The highest BCUT2D eigenvalue weighted by atomic mass is 16.5. The van der Waals surface area contributed by atoms with E-state index in [1.54, 1.807) is 7.11 Å². The molecule has 1 aromatic carbocycles. The van der Waals surface area contributed by atoms with Gasteiger partial charge in [-0.25, -0.2) is 0 Å². The first-order chi connectivity index (χ1) is 4.40. The largest absolute Gasteiger partial charge is 0.497 e. The van der Waals surface area contributed by atoms with Crippen LogP contribution in [-0.4, -0.2) is 7.11 Å². The van der Waals surface area contributed by atoms with Gasteiger partial charge in [0.05, 0.1) is 18.5 Å². The average molecular weight is 121 g/mol. The Kier molecular flexibility index (Phi) is 0.730. The number of ether oxygens (including phenoxy) is 1. The highest BCUT2D eigenvalue weighted by molar-refractivity contribution is 5.90. The van der Waals surface area contributed by atoms with Crippen LogP contribution in [0.3, 0.4) is 0 Å². The van der Waals surface area contributed by atoms with E-state index >= 15 is 0 Å². The fourth-order valence-electron chi connectivity index (χ4n) is 0.842. The summed E-state index contributed by atoms with van der Waals surface area (Å²) in [6.45, 7) is 0. The molecule has 0 bridgehead atoms. The molecule has 0 radical (unpaired) electrons. The Morgan fingerprint density at radius 3 is 2.89 bits per heavy atom. The van der Waals surface area contributed by atoms with E-state index < -0.39 is 0 Å². The van der Waals surface area contributed by atoms with Crippen LogP contribution >= 0.6 is 0 Å². The van der Waals surface area contributed by atoms with E-state index in [1.807, 2.05) is 18.2 Å². The van der Waals surface area contributed by atoms with Gasteiger partial charge in [-0.1, -0.05) is 0 Å². The van der Waals surface area contributed by atoms with Crippen LogP contribution in [0.15, 0.2) is 18.2 Å². The zero-order valence-electron chi connectivity index (χ0n) is 5.14. The van der Waals surface area contributed by atoms with Gasteiger partial charge in [0.2, 0.25) is 0 Å². The molecular formula is C7H7NO. The summed E-state index contributed by atoms with van der Waals surface area (Å²) >= 11 is 0. The summed E-state index contributed by atoms with van der Waals surface area (Å²) in [5.74, 6) is 0.916. The molecule has 1 N–H and O–H groups in total. The molecule has 0 aromatic heterocycles. The van der Waals surface area contributed by atoms with E-state index in [1.165, 1.54) is 11.4 Å². The Morgan fingerprint density at radius 1 is 1.33 bits per heavy atom. The summed E-state index contributed by atoms with van der Waals surface area (Å²) in [6, 6.07) is 5.93. The van der Waals surface area contributed by atoms with Gasteiger partial charge in [0.25, 0.3) is 0 Å². The molecule has 1 aliphatic rings. The van der Waals surface area contributed by atoms with E-state index in [4.69, 9.17) is 4.74 Å². The number of benzene rings is 1. The minimum atomic E-state index is 0.916. The molecule has 0 saturated carbocycles. The van der Waals surface area contributed by atoms with Gasteiger partial charge in [-0.2, -0.15) is 0 Å². The first-order valence-corrected chi connectivity index (χ1v) is 2.85. The molecule has 2 rings (SSSR count). The van der Waals surface area contributed by atoms with Crippen molar-refractivity contribution in [2.24, 2.45) is 0 Å². The molecule has 9 heavy (non-hydrogen) atoms. The van der Waals surface area contributed by atoms with Gasteiger partial charge in [0, 0.05) is 6.07 Å². The van der Waals surface area contributed by atoms with Gasteiger partial charge >= 0.3 is 0 Å². The van der Waals surface area contributed by atoms with Crippen LogP contribution in [0.4, 0.5) is 11.4 Å². The summed E-state index contributed by atoms with van der Waals surface area (Å²) < 4.78 is 4.99. The molecule has 0 amide bonds. The first-order valence-electron chi connectivity index (χ1n) is 2.85. The summed E-state index contributed by atoms with van der Waals surface area (Å²) in [5.41, 5.74) is 2.41. The van der Waals surface area contributed by atoms with Gasteiger partial charge in [0.15, 0.2) is 0 Å². The lowest BCUT2D eigenvalue weighted by Gasteiger charge is -1.92. The second-order valence-electron chi connectivity index (χ2n) is 2.04. The highest BCUT2D eigenvalue weighted by Crippen LogP contribution is 2.40. The molecular weight excluding hydrogens is 114 g/mol. The lowest BCUT2D eigenvalue weighted by molar-refractivity contribution is 0.415. The third-order valence-corrected chi connectivity index (χ3v) is 1.43. The number of nitrogens with one attached hydrogen (secondary N) is 1. The second-order valence-corrected chi connectivity index (χ2v) is 2.04. The molecule has 0 aliphatic carbocycles. The average Bonchev–Trinajstić information content (AvgIpc) is 2.64. The number of methoxy groups -OCH3 is 1. The van der Waals surface area contributed by atoms with Crippen molar-refractivity contribution in [3.05, 3.63) is 18.2 Å². The molecule has 0 spiro atoms. The van der Waals surface area contributed by atoms with Gasteiger partial charge in [-0.15, -0.1) is 0 Å². The third kappa shape index (κ3) is 0.633. The van der Waals surface area contributed by atoms with Crippen molar-refractivity contribution in [1.29, 1.82) is 0 Å². The SMILES string of the molecule is COc1ccc2c(c1)N2. The molecule has 1 aliphatic heterocycles. The van der Waals surface area contributed by atoms with Gasteiger partial charge in [-0.3, -0.25) is 0 Å².